The van der Waals surface area contributed by atoms with Gasteiger partial charge in [0, 0.05) is 39.3 Å². The summed E-state index contributed by atoms with van der Waals surface area (Å²) in [6, 6.07) is 8.75. The summed E-state index contributed by atoms with van der Waals surface area (Å²) in [5.74, 6) is -0.329. The summed E-state index contributed by atoms with van der Waals surface area (Å²) in [5, 5.41) is 9.75. The number of carbonyl (C=O) groups excluding carboxylic acids is 1. The summed E-state index contributed by atoms with van der Waals surface area (Å²) < 4.78 is 1.81. The molecule has 1 aromatic carbocycles. The lowest BCUT2D eigenvalue weighted by Gasteiger charge is -2.08. The molecular weight excluding hydrogens is 385 g/mol. The number of halogens is 2. The van der Waals surface area contributed by atoms with Gasteiger partial charge in [-0.3, -0.25) is 14.5 Å². The van der Waals surface area contributed by atoms with Crippen molar-refractivity contribution in [3.63, 3.8) is 0 Å². The summed E-state index contributed by atoms with van der Waals surface area (Å²) in [6.07, 6.45) is 4.66. The monoisotopic (exact) mass is 401 g/mol. The van der Waals surface area contributed by atoms with Crippen molar-refractivity contribution in [2.45, 2.75) is 20.4 Å². The fourth-order valence-corrected chi connectivity index (χ4v) is 3.12. The molecule has 0 aliphatic carbocycles. The van der Waals surface area contributed by atoms with E-state index in [9.17, 15) is 4.79 Å². The maximum absolute atomic E-state index is 12.0. The molecule has 2 heterocycles. The standard InChI is InChI=1S/C19H17Cl2N5O/c1-12-15(10-23-24-19(27)14-5-4-8-22-9-14)13(2)26(25-12)11-16-17(20)6-3-7-18(16)21/h3-10H,11H2,1-2H3,(H,24,27)/b23-10-. The molecule has 0 spiro atoms. The first kappa shape index (κ1) is 19.1. The Kier molecular flexibility index (Phi) is 5.88. The highest BCUT2D eigenvalue weighted by Gasteiger charge is 2.13. The summed E-state index contributed by atoms with van der Waals surface area (Å²) in [5.41, 5.74) is 6.24. The van der Waals surface area contributed by atoms with Crippen LogP contribution in [0.15, 0.2) is 47.8 Å². The number of pyridine rings is 1. The van der Waals surface area contributed by atoms with Gasteiger partial charge < -0.3 is 0 Å². The fraction of sp³-hybridized carbons (Fsp3) is 0.158. The summed E-state index contributed by atoms with van der Waals surface area (Å²) in [6.45, 7) is 4.25. The Morgan fingerprint density at radius 2 is 1.96 bits per heavy atom. The lowest BCUT2D eigenvalue weighted by molar-refractivity contribution is 0.0955. The third kappa shape index (κ3) is 4.35. The molecule has 138 valence electrons. The Balaban J connectivity index is 1.77. The molecule has 0 aliphatic heterocycles. The van der Waals surface area contributed by atoms with E-state index in [1.54, 1.807) is 42.7 Å². The van der Waals surface area contributed by atoms with E-state index < -0.39 is 0 Å². The molecule has 0 atom stereocenters. The van der Waals surface area contributed by atoms with Crippen LogP contribution in [0.25, 0.3) is 0 Å². The van der Waals surface area contributed by atoms with Gasteiger partial charge in [-0.2, -0.15) is 10.2 Å². The van der Waals surface area contributed by atoms with Gasteiger partial charge in [0.1, 0.15) is 0 Å². The Morgan fingerprint density at radius 1 is 1.22 bits per heavy atom. The Hall–Kier alpha value is -2.70. The molecule has 0 radical (unpaired) electrons. The van der Waals surface area contributed by atoms with E-state index in [1.807, 2.05) is 18.5 Å². The van der Waals surface area contributed by atoms with Gasteiger partial charge in [0.25, 0.3) is 5.91 Å². The van der Waals surface area contributed by atoms with E-state index in [-0.39, 0.29) is 5.91 Å². The zero-order valence-electron chi connectivity index (χ0n) is 14.8. The largest absolute Gasteiger partial charge is 0.272 e. The van der Waals surface area contributed by atoms with E-state index in [4.69, 9.17) is 23.2 Å². The highest BCUT2D eigenvalue weighted by atomic mass is 35.5. The van der Waals surface area contributed by atoms with Gasteiger partial charge in [-0.1, -0.05) is 29.3 Å². The molecule has 0 unspecified atom stereocenters. The molecule has 1 N–H and O–H groups in total. The highest BCUT2D eigenvalue weighted by Crippen LogP contribution is 2.26. The van der Waals surface area contributed by atoms with Crippen molar-refractivity contribution >= 4 is 35.3 Å². The van der Waals surface area contributed by atoms with Crippen LogP contribution < -0.4 is 5.43 Å². The topological polar surface area (TPSA) is 72.2 Å². The van der Waals surface area contributed by atoms with Crippen LogP contribution in [0.5, 0.6) is 0 Å². The first-order valence-corrected chi connectivity index (χ1v) is 8.93. The fourth-order valence-electron chi connectivity index (χ4n) is 2.60. The van der Waals surface area contributed by atoms with E-state index in [0.717, 1.165) is 22.5 Å². The molecule has 0 aliphatic rings. The number of hydrazone groups is 1. The SMILES string of the molecule is Cc1nn(Cc2c(Cl)cccc2Cl)c(C)c1/C=N\NC(=O)c1cccnc1. The smallest absolute Gasteiger partial charge is 0.267 e. The Bertz CT molecular complexity index is 979. The zero-order valence-corrected chi connectivity index (χ0v) is 16.3. The summed E-state index contributed by atoms with van der Waals surface area (Å²) in [4.78, 5) is 15.9. The number of aryl methyl sites for hydroxylation is 1. The third-order valence-corrected chi connectivity index (χ3v) is 4.80. The van der Waals surface area contributed by atoms with Crippen molar-refractivity contribution in [1.29, 1.82) is 0 Å². The Labute approximate surface area is 166 Å². The number of rotatable bonds is 5. The molecule has 1 amide bonds. The van der Waals surface area contributed by atoms with Crippen molar-refractivity contribution in [1.82, 2.24) is 20.2 Å². The number of hydrogen-bond donors (Lipinski definition) is 1. The molecule has 6 nitrogen and oxygen atoms in total. The normalized spacial score (nSPS) is 11.1. The first-order chi connectivity index (χ1) is 13.0. The number of carbonyl (C=O) groups is 1. The van der Waals surface area contributed by atoms with Gasteiger partial charge in [0.2, 0.25) is 0 Å². The predicted molar refractivity (Wildman–Crippen MR) is 107 cm³/mol. The van der Waals surface area contributed by atoms with Gasteiger partial charge >= 0.3 is 0 Å². The molecule has 3 aromatic rings. The van der Waals surface area contributed by atoms with Gasteiger partial charge in [0.15, 0.2) is 0 Å². The predicted octanol–water partition coefficient (Wildman–Crippen LogP) is 4.01. The second kappa shape index (κ2) is 8.33. The van der Waals surface area contributed by atoms with Crippen molar-refractivity contribution in [2.24, 2.45) is 5.10 Å². The maximum Gasteiger partial charge on any atom is 0.272 e. The quantitative estimate of drug-likeness (QED) is 0.518. The van der Waals surface area contributed by atoms with E-state index in [2.05, 4.69) is 20.6 Å². The second-order valence-corrected chi connectivity index (χ2v) is 6.70. The van der Waals surface area contributed by atoms with Crippen LogP contribution >= 0.6 is 23.2 Å². The number of hydrogen-bond acceptors (Lipinski definition) is 4. The first-order valence-electron chi connectivity index (χ1n) is 8.17. The lowest BCUT2D eigenvalue weighted by Crippen LogP contribution is -2.17. The molecule has 0 bridgehead atoms. The molecule has 0 fully saturated rings. The van der Waals surface area contributed by atoms with Crippen LogP contribution in [-0.4, -0.2) is 26.9 Å². The minimum Gasteiger partial charge on any atom is -0.267 e. The van der Waals surface area contributed by atoms with E-state index in [1.165, 1.54) is 6.20 Å². The van der Waals surface area contributed by atoms with Crippen LogP contribution in [0.2, 0.25) is 10.0 Å². The minimum absolute atomic E-state index is 0.329. The van der Waals surface area contributed by atoms with Crippen LogP contribution in [0, 0.1) is 13.8 Å². The van der Waals surface area contributed by atoms with Crippen LogP contribution in [-0.2, 0) is 6.54 Å². The van der Waals surface area contributed by atoms with Crippen LogP contribution in [0.4, 0.5) is 0 Å². The van der Waals surface area contributed by atoms with Crippen molar-refractivity contribution in [2.75, 3.05) is 0 Å². The number of nitrogens with one attached hydrogen (secondary N) is 1. The number of amides is 1. The van der Waals surface area contributed by atoms with Gasteiger partial charge in [-0.25, -0.2) is 5.43 Å². The van der Waals surface area contributed by atoms with Gasteiger partial charge in [-0.15, -0.1) is 0 Å². The van der Waals surface area contributed by atoms with Gasteiger partial charge in [0.05, 0.1) is 24.0 Å². The average molecular weight is 402 g/mol. The van der Waals surface area contributed by atoms with Gasteiger partial charge in [-0.05, 0) is 38.1 Å². The molecule has 27 heavy (non-hydrogen) atoms. The number of aromatic nitrogens is 3. The van der Waals surface area contributed by atoms with E-state index in [0.29, 0.717) is 22.2 Å². The highest BCUT2D eigenvalue weighted by molar-refractivity contribution is 6.35. The molecule has 0 saturated carbocycles. The second-order valence-electron chi connectivity index (χ2n) is 5.88. The van der Waals surface area contributed by atoms with Crippen molar-refractivity contribution in [3.05, 3.63) is 80.8 Å². The lowest BCUT2D eigenvalue weighted by atomic mass is 10.2. The zero-order chi connectivity index (χ0) is 19.4. The summed E-state index contributed by atoms with van der Waals surface area (Å²) >= 11 is 12.5. The van der Waals surface area contributed by atoms with E-state index >= 15 is 0 Å². The summed E-state index contributed by atoms with van der Waals surface area (Å²) in [7, 11) is 0. The Morgan fingerprint density at radius 3 is 2.63 bits per heavy atom. The maximum atomic E-state index is 12.0. The molecular formula is C19H17Cl2N5O. The molecule has 2 aromatic heterocycles. The molecule has 8 heteroatoms. The van der Waals surface area contributed by atoms with Crippen molar-refractivity contribution < 1.29 is 4.79 Å². The molecule has 3 rings (SSSR count). The number of nitrogens with zero attached hydrogens (tertiary/aromatic N) is 4. The molecule has 0 saturated heterocycles. The minimum atomic E-state index is -0.329. The third-order valence-electron chi connectivity index (χ3n) is 4.09. The average Bonchev–Trinajstić information content (AvgIpc) is 2.93. The van der Waals surface area contributed by atoms with Crippen molar-refractivity contribution in [3.8, 4) is 0 Å². The van der Waals surface area contributed by atoms with Crippen LogP contribution in [0.1, 0.15) is 32.9 Å². The van der Waals surface area contributed by atoms with Crippen LogP contribution in [0.3, 0.4) is 0 Å². The number of benzene rings is 1.